The summed E-state index contributed by atoms with van der Waals surface area (Å²) in [6.45, 7) is 8.92. The third kappa shape index (κ3) is 9.14. The highest BCUT2D eigenvalue weighted by Crippen LogP contribution is 2.32. The average Bonchev–Trinajstić information content (AvgIpc) is 3.10. The van der Waals surface area contributed by atoms with Crippen molar-refractivity contribution >= 4 is 33.5 Å². The number of esters is 2. The van der Waals surface area contributed by atoms with Crippen molar-refractivity contribution in [3.8, 4) is 23.0 Å². The summed E-state index contributed by atoms with van der Waals surface area (Å²) in [6.07, 6.45) is 0.679. The standard InChI is InChI=1S/C39H36O8/c1-4-37(40)46-34(23-42-32-19-17-28-12-6-8-14-30(28)21-32)25-44-36-16-10-11-27(3)39(36)45-26-35(47-38(41)5-2)24-43-33-20-18-29-13-7-9-15-31(29)22-33/h4-22,34-35H,1-2,23-26H2,3H3. The summed E-state index contributed by atoms with van der Waals surface area (Å²) in [6, 6.07) is 32.9. The Hall–Kier alpha value is -5.76. The number of aryl methyl sites for hydroxylation is 1. The molecule has 0 radical (unpaired) electrons. The van der Waals surface area contributed by atoms with Crippen LogP contribution in [0.25, 0.3) is 21.5 Å². The molecule has 0 heterocycles. The summed E-state index contributed by atoms with van der Waals surface area (Å²) in [5, 5.41) is 4.24. The molecule has 8 nitrogen and oxygen atoms in total. The monoisotopic (exact) mass is 632 g/mol. The zero-order valence-electron chi connectivity index (χ0n) is 26.1. The number of carbonyl (C=O) groups excluding carboxylic acids is 2. The fourth-order valence-electron chi connectivity index (χ4n) is 4.83. The maximum Gasteiger partial charge on any atom is 0.330 e. The van der Waals surface area contributed by atoms with Crippen molar-refractivity contribution in [2.24, 2.45) is 0 Å². The predicted molar refractivity (Wildman–Crippen MR) is 181 cm³/mol. The summed E-state index contributed by atoms with van der Waals surface area (Å²) in [5.74, 6) is 0.935. The normalized spacial score (nSPS) is 12.0. The van der Waals surface area contributed by atoms with Crippen LogP contribution in [0, 0.1) is 6.92 Å². The van der Waals surface area contributed by atoms with E-state index in [1.165, 1.54) is 0 Å². The maximum absolute atomic E-state index is 12.1. The smallest absolute Gasteiger partial charge is 0.330 e. The maximum atomic E-state index is 12.1. The van der Waals surface area contributed by atoms with E-state index >= 15 is 0 Å². The minimum Gasteiger partial charge on any atom is -0.490 e. The molecular weight excluding hydrogens is 596 g/mol. The van der Waals surface area contributed by atoms with Crippen LogP contribution in [-0.2, 0) is 19.1 Å². The molecule has 0 saturated carbocycles. The van der Waals surface area contributed by atoms with Gasteiger partial charge in [0.15, 0.2) is 23.7 Å². The number of hydrogen-bond acceptors (Lipinski definition) is 8. The highest BCUT2D eigenvalue weighted by atomic mass is 16.6. The van der Waals surface area contributed by atoms with Crippen LogP contribution in [0.2, 0.25) is 0 Å². The van der Waals surface area contributed by atoms with Crippen LogP contribution in [0.5, 0.6) is 23.0 Å². The van der Waals surface area contributed by atoms with Crippen LogP contribution in [0.4, 0.5) is 0 Å². The third-order valence-corrected chi connectivity index (χ3v) is 7.23. The van der Waals surface area contributed by atoms with Crippen LogP contribution in [0.1, 0.15) is 5.56 Å². The Kier molecular flexibility index (Phi) is 11.1. The molecular formula is C39H36O8. The van der Waals surface area contributed by atoms with E-state index in [0.29, 0.717) is 23.0 Å². The summed E-state index contributed by atoms with van der Waals surface area (Å²) < 4.78 is 35.3. The van der Waals surface area contributed by atoms with E-state index in [1.807, 2.05) is 104 Å². The van der Waals surface area contributed by atoms with Gasteiger partial charge in [-0.3, -0.25) is 0 Å². The largest absolute Gasteiger partial charge is 0.490 e. The number of hydrogen-bond donors (Lipinski definition) is 0. The van der Waals surface area contributed by atoms with Gasteiger partial charge in [0.2, 0.25) is 0 Å². The lowest BCUT2D eigenvalue weighted by molar-refractivity contribution is -0.147. The van der Waals surface area contributed by atoms with Crippen molar-refractivity contribution in [1.82, 2.24) is 0 Å². The minimum absolute atomic E-state index is 0.0195. The third-order valence-electron chi connectivity index (χ3n) is 7.23. The molecule has 0 aromatic heterocycles. The van der Waals surface area contributed by atoms with Gasteiger partial charge in [-0.1, -0.05) is 86.0 Å². The van der Waals surface area contributed by atoms with Gasteiger partial charge in [0.1, 0.15) is 37.9 Å². The lowest BCUT2D eigenvalue weighted by Crippen LogP contribution is -2.31. The van der Waals surface area contributed by atoms with Gasteiger partial charge in [0.25, 0.3) is 0 Å². The molecule has 2 atom stereocenters. The van der Waals surface area contributed by atoms with E-state index in [9.17, 15) is 9.59 Å². The number of carbonyl (C=O) groups is 2. The Labute approximate surface area is 273 Å². The molecule has 0 saturated heterocycles. The SMILES string of the molecule is C=CC(=O)OC(COc1ccc2ccccc2c1)COc1cccc(C)c1OCC(COc1ccc2ccccc2c1)OC(=O)C=C. The first kappa shape index (κ1) is 32.6. The van der Waals surface area contributed by atoms with E-state index in [-0.39, 0.29) is 26.4 Å². The Morgan fingerprint density at radius 3 is 1.55 bits per heavy atom. The summed E-state index contributed by atoms with van der Waals surface area (Å²) in [5.41, 5.74) is 0.791. The van der Waals surface area contributed by atoms with E-state index < -0.39 is 24.1 Å². The van der Waals surface area contributed by atoms with Gasteiger partial charge in [-0.05, 0) is 64.4 Å². The topological polar surface area (TPSA) is 89.5 Å². The molecule has 240 valence electrons. The van der Waals surface area contributed by atoms with Crippen LogP contribution < -0.4 is 18.9 Å². The lowest BCUT2D eigenvalue weighted by atomic mass is 10.1. The highest BCUT2D eigenvalue weighted by molar-refractivity contribution is 5.84. The van der Waals surface area contributed by atoms with Gasteiger partial charge in [-0.15, -0.1) is 0 Å². The molecule has 0 aliphatic rings. The first-order valence-corrected chi connectivity index (χ1v) is 15.2. The second-order valence-electron chi connectivity index (χ2n) is 10.7. The zero-order valence-corrected chi connectivity index (χ0v) is 26.1. The highest BCUT2D eigenvalue weighted by Gasteiger charge is 2.20. The molecule has 47 heavy (non-hydrogen) atoms. The Morgan fingerprint density at radius 1 is 0.574 bits per heavy atom. The van der Waals surface area contributed by atoms with E-state index in [0.717, 1.165) is 39.3 Å². The lowest BCUT2D eigenvalue weighted by Gasteiger charge is -2.22. The molecule has 0 amide bonds. The van der Waals surface area contributed by atoms with Gasteiger partial charge in [-0.2, -0.15) is 0 Å². The molecule has 0 fully saturated rings. The van der Waals surface area contributed by atoms with E-state index in [2.05, 4.69) is 13.2 Å². The second-order valence-corrected chi connectivity index (χ2v) is 10.7. The van der Waals surface area contributed by atoms with Crippen molar-refractivity contribution in [2.75, 3.05) is 26.4 Å². The molecule has 0 N–H and O–H groups in total. The van der Waals surface area contributed by atoms with Crippen molar-refractivity contribution < 1.29 is 38.0 Å². The van der Waals surface area contributed by atoms with Gasteiger partial charge >= 0.3 is 11.9 Å². The van der Waals surface area contributed by atoms with E-state index in [1.54, 1.807) is 6.07 Å². The summed E-state index contributed by atoms with van der Waals surface area (Å²) >= 11 is 0. The van der Waals surface area contributed by atoms with Crippen LogP contribution in [0.15, 0.2) is 128 Å². The quantitative estimate of drug-likeness (QED) is 0.0821. The van der Waals surface area contributed by atoms with Crippen molar-refractivity contribution in [3.63, 3.8) is 0 Å². The summed E-state index contributed by atoms with van der Waals surface area (Å²) in [4.78, 5) is 24.3. The molecule has 0 bridgehead atoms. The molecule has 5 aromatic rings. The Balaban J connectivity index is 1.24. The molecule has 2 unspecified atom stereocenters. The number of rotatable bonds is 16. The predicted octanol–water partition coefficient (Wildman–Crippen LogP) is 7.41. The zero-order chi connectivity index (χ0) is 33.0. The van der Waals surface area contributed by atoms with Crippen LogP contribution >= 0.6 is 0 Å². The van der Waals surface area contributed by atoms with Crippen LogP contribution in [0.3, 0.4) is 0 Å². The first-order chi connectivity index (χ1) is 22.9. The van der Waals surface area contributed by atoms with Gasteiger partial charge in [-0.25, -0.2) is 9.59 Å². The number of benzene rings is 5. The molecule has 0 spiro atoms. The first-order valence-electron chi connectivity index (χ1n) is 15.2. The minimum atomic E-state index is -0.754. The number of para-hydroxylation sites is 1. The fraction of sp³-hybridized carbons (Fsp3) is 0.179. The molecule has 8 heteroatoms. The van der Waals surface area contributed by atoms with Crippen molar-refractivity contribution in [1.29, 1.82) is 0 Å². The van der Waals surface area contributed by atoms with Crippen molar-refractivity contribution in [2.45, 2.75) is 19.1 Å². The molecule has 5 rings (SSSR count). The van der Waals surface area contributed by atoms with Crippen molar-refractivity contribution in [3.05, 3.63) is 134 Å². The van der Waals surface area contributed by atoms with Gasteiger partial charge in [0, 0.05) is 12.2 Å². The average molecular weight is 633 g/mol. The molecule has 0 aliphatic heterocycles. The Bertz CT molecular complexity index is 1860. The van der Waals surface area contributed by atoms with Gasteiger partial charge < -0.3 is 28.4 Å². The van der Waals surface area contributed by atoms with E-state index in [4.69, 9.17) is 28.4 Å². The Morgan fingerprint density at radius 2 is 1.04 bits per heavy atom. The fourth-order valence-corrected chi connectivity index (χ4v) is 4.83. The molecule has 5 aromatic carbocycles. The second kappa shape index (κ2) is 16.0. The molecule has 0 aliphatic carbocycles. The summed E-state index contributed by atoms with van der Waals surface area (Å²) in [7, 11) is 0. The van der Waals surface area contributed by atoms with Gasteiger partial charge in [0.05, 0.1) is 0 Å². The van der Waals surface area contributed by atoms with Crippen LogP contribution in [-0.4, -0.2) is 50.6 Å². The number of ether oxygens (including phenoxy) is 6. The number of fused-ring (bicyclic) bond motifs is 2.